The minimum atomic E-state index is -0.875. The summed E-state index contributed by atoms with van der Waals surface area (Å²) in [5.41, 5.74) is 12.4. The van der Waals surface area contributed by atoms with Gasteiger partial charge in [0, 0.05) is 17.0 Å². The van der Waals surface area contributed by atoms with Crippen molar-refractivity contribution in [3.63, 3.8) is 0 Å². The molecule has 0 spiro atoms. The largest absolute Gasteiger partial charge is 0.478 e. The molecule has 4 rings (SSSR count). The molecule has 2 aromatic carbocycles. The molecule has 0 aliphatic heterocycles. The third-order valence-corrected chi connectivity index (χ3v) is 5.35. The van der Waals surface area contributed by atoms with Gasteiger partial charge in [0.25, 0.3) is 0 Å². The Morgan fingerprint density at radius 2 is 1.83 bits per heavy atom. The zero-order valence-corrected chi connectivity index (χ0v) is 16.6. The third kappa shape index (κ3) is 3.63. The number of aromatic nitrogens is 2. The van der Waals surface area contributed by atoms with Gasteiger partial charge in [-0.2, -0.15) is 0 Å². The molecule has 0 aliphatic rings. The van der Waals surface area contributed by atoms with Crippen LogP contribution in [0.25, 0.3) is 21.8 Å². The average Bonchev–Trinajstić information content (AvgIpc) is 2.71. The minimum absolute atomic E-state index is 0.383. The predicted octanol–water partition coefficient (Wildman–Crippen LogP) is 4.72. The summed E-state index contributed by atoms with van der Waals surface area (Å²) in [6.45, 7) is 4.01. The molecule has 29 heavy (non-hydrogen) atoms. The first-order chi connectivity index (χ1) is 14.0. The fourth-order valence-electron chi connectivity index (χ4n) is 3.79. The summed E-state index contributed by atoms with van der Waals surface area (Å²) in [7, 11) is 0. The molecule has 0 aliphatic carbocycles. The molecular weight excluding hydrogens is 362 g/mol. The Bertz CT molecular complexity index is 1250. The molecule has 0 fully saturated rings. The van der Waals surface area contributed by atoms with E-state index in [4.69, 9.17) is 5.73 Å². The van der Waals surface area contributed by atoms with Crippen LogP contribution in [-0.4, -0.2) is 21.0 Å². The van der Waals surface area contributed by atoms with Gasteiger partial charge >= 0.3 is 5.97 Å². The van der Waals surface area contributed by atoms with Crippen molar-refractivity contribution in [2.45, 2.75) is 33.1 Å². The van der Waals surface area contributed by atoms with E-state index >= 15 is 0 Å². The lowest BCUT2D eigenvalue weighted by molar-refractivity contribution is 0.0695. The van der Waals surface area contributed by atoms with Crippen LogP contribution >= 0.6 is 0 Å². The Morgan fingerprint density at radius 3 is 2.59 bits per heavy atom. The predicted molar refractivity (Wildman–Crippen MR) is 116 cm³/mol. The number of nitrogens with two attached hydrogens (primary N) is 1. The van der Waals surface area contributed by atoms with E-state index in [1.165, 1.54) is 0 Å². The second kappa shape index (κ2) is 7.51. The highest BCUT2D eigenvalue weighted by Gasteiger charge is 2.11. The Hall–Kier alpha value is -3.47. The monoisotopic (exact) mass is 385 g/mol. The number of carboxylic acids is 1. The summed E-state index contributed by atoms with van der Waals surface area (Å²) in [5.74, 6) is -0.429. The van der Waals surface area contributed by atoms with E-state index in [1.807, 2.05) is 38.2 Å². The van der Waals surface area contributed by atoms with E-state index in [1.54, 1.807) is 6.07 Å². The maximum absolute atomic E-state index is 11.3. The van der Waals surface area contributed by atoms with Crippen molar-refractivity contribution in [1.29, 1.82) is 0 Å². The Kier molecular flexibility index (Phi) is 4.89. The van der Waals surface area contributed by atoms with Crippen molar-refractivity contribution >= 4 is 33.6 Å². The van der Waals surface area contributed by atoms with E-state index in [0.29, 0.717) is 17.8 Å². The van der Waals surface area contributed by atoms with Gasteiger partial charge < -0.3 is 10.8 Å². The molecule has 0 saturated carbocycles. The number of aryl methyl sites for hydroxylation is 4. The number of pyridine rings is 2. The van der Waals surface area contributed by atoms with Crippen LogP contribution < -0.4 is 5.73 Å². The van der Waals surface area contributed by atoms with Crippen LogP contribution in [0.1, 0.15) is 39.5 Å². The summed E-state index contributed by atoms with van der Waals surface area (Å²) < 4.78 is 0. The highest BCUT2D eigenvalue weighted by Crippen LogP contribution is 2.28. The second-order valence-electron chi connectivity index (χ2n) is 7.41. The number of carboxylic acid groups (broad SMARTS) is 1. The smallest absolute Gasteiger partial charge is 0.335 e. The van der Waals surface area contributed by atoms with Gasteiger partial charge in [-0.3, -0.25) is 4.98 Å². The molecule has 0 radical (unpaired) electrons. The van der Waals surface area contributed by atoms with E-state index in [9.17, 15) is 9.90 Å². The Morgan fingerprint density at radius 1 is 1.03 bits per heavy atom. The number of fused-ring (bicyclic) bond motifs is 3. The Labute approximate surface area is 169 Å². The van der Waals surface area contributed by atoms with Crippen molar-refractivity contribution < 1.29 is 9.90 Å². The molecule has 0 atom stereocenters. The number of rotatable bonds is 5. The molecule has 0 amide bonds. The molecule has 5 nitrogen and oxygen atoms in total. The fraction of sp³-hybridized carbons (Fsp3) is 0.208. The van der Waals surface area contributed by atoms with Crippen molar-refractivity contribution in [2.75, 3.05) is 5.73 Å². The maximum atomic E-state index is 11.3. The van der Waals surface area contributed by atoms with Crippen LogP contribution in [-0.2, 0) is 19.3 Å². The van der Waals surface area contributed by atoms with Gasteiger partial charge in [0.2, 0.25) is 0 Å². The second-order valence-corrected chi connectivity index (χ2v) is 7.41. The molecule has 5 heteroatoms. The lowest BCUT2D eigenvalue weighted by atomic mass is 9.97. The van der Waals surface area contributed by atoms with Crippen molar-refractivity contribution in [2.24, 2.45) is 0 Å². The van der Waals surface area contributed by atoms with E-state index in [0.717, 1.165) is 56.9 Å². The van der Waals surface area contributed by atoms with Gasteiger partial charge in [-0.25, -0.2) is 9.78 Å². The third-order valence-electron chi connectivity index (χ3n) is 5.35. The van der Waals surface area contributed by atoms with Crippen molar-refractivity contribution in [3.05, 3.63) is 76.5 Å². The van der Waals surface area contributed by atoms with Gasteiger partial charge in [0.15, 0.2) is 5.82 Å². The summed E-state index contributed by atoms with van der Waals surface area (Å²) in [6, 6.07) is 13.9. The molecule has 0 bridgehead atoms. The molecule has 2 heterocycles. The molecule has 4 aromatic rings. The summed E-state index contributed by atoms with van der Waals surface area (Å²) in [6.07, 6.45) is 4.18. The van der Waals surface area contributed by atoms with Crippen molar-refractivity contribution in [1.82, 2.24) is 9.97 Å². The van der Waals surface area contributed by atoms with Gasteiger partial charge in [-0.1, -0.05) is 31.2 Å². The maximum Gasteiger partial charge on any atom is 0.335 e. The van der Waals surface area contributed by atoms with Crippen LogP contribution in [0, 0.1) is 6.92 Å². The van der Waals surface area contributed by atoms with Gasteiger partial charge in [-0.15, -0.1) is 0 Å². The molecule has 2 aromatic heterocycles. The number of nitrogens with zero attached hydrogens (tertiary/aromatic N) is 2. The first-order valence-corrected chi connectivity index (χ1v) is 9.76. The number of carbonyl (C=O) groups is 1. The normalized spacial score (nSPS) is 11.2. The number of hydrogen-bond donors (Lipinski definition) is 2. The first-order valence-electron chi connectivity index (χ1n) is 9.76. The summed E-state index contributed by atoms with van der Waals surface area (Å²) in [4.78, 5) is 20.4. The van der Waals surface area contributed by atoms with Gasteiger partial charge in [0.05, 0.1) is 11.1 Å². The molecule has 146 valence electrons. The SMILES string of the molecule is CCc1cc(CCc2cnc3c(N)nc4cc(C)ccc4c3c2)ccc1C(=O)O. The fourth-order valence-corrected chi connectivity index (χ4v) is 3.79. The summed E-state index contributed by atoms with van der Waals surface area (Å²) in [5, 5.41) is 11.4. The van der Waals surface area contributed by atoms with Crippen LogP contribution in [0.2, 0.25) is 0 Å². The standard InChI is InChI=1S/C24H23N3O2/c1-3-17-11-15(7-9-18(17)24(28)29)5-6-16-12-20-19-8-4-14(2)10-21(19)27-23(25)22(20)26-13-16/h4,7-13H,3,5-6H2,1-2H3,(H2,25,27)(H,28,29). The highest BCUT2D eigenvalue weighted by atomic mass is 16.4. The number of hydrogen-bond acceptors (Lipinski definition) is 4. The minimum Gasteiger partial charge on any atom is -0.478 e. The average molecular weight is 385 g/mol. The number of nitrogen functional groups attached to an aromatic ring is 1. The number of anilines is 1. The Balaban J connectivity index is 1.67. The highest BCUT2D eigenvalue weighted by molar-refractivity contribution is 6.08. The number of aromatic carboxylic acids is 1. The quantitative estimate of drug-likeness (QED) is 0.485. The van der Waals surface area contributed by atoms with Crippen LogP contribution in [0.3, 0.4) is 0 Å². The lowest BCUT2D eigenvalue weighted by Gasteiger charge is -2.10. The number of benzene rings is 2. The topological polar surface area (TPSA) is 89.1 Å². The van der Waals surface area contributed by atoms with Crippen molar-refractivity contribution in [3.8, 4) is 0 Å². The van der Waals surface area contributed by atoms with E-state index < -0.39 is 5.97 Å². The van der Waals surface area contributed by atoms with Gasteiger partial charge in [-0.05, 0) is 66.6 Å². The van der Waals surface area contributed by atoms with E-state index in [2.05, 4.69) is 28.2 Å². The molecular formula is C24H23N3O2. The summed E-state index contributed by atoms with van der Waals surface area (Å²) >= 11 is 0. The van der Waals surface area contributed by atoms with Crippen LogP contribution in [0.5, 0.6) is 0 Å². The lowest BCUT2D eigenvalue weighted by Crippen LogP contribution is -2.03. The first kappa shape index (κ1) is 18.9. The molecule has 3 N–H and O–H groups in total. The van der Waals surface area contributed by atoms with Gasteiger partial charge in [0.1, 0.15) is 5.52 Å². The van der Waals surface area contributed by atoms with E-state index in [-0.39, 0.29) is 0 Å². The van der Waals surface area contributed by atoms with Crippen LogP contribution in [0.15, 0.2) is 48.7 Å². The molecule has 0 saturated heterocycles. The zero-order valence-electron chi connectivity index (χ0n) is 16.6. The van der Waals surface area contributed by atoms with Crippen LogP contribution in [0.4, 0.5) is 5.82 Å². The zero-order chi connectivity index (χ0) is 20.5. The molecule has 0 unspecified atom stereocenters.